The molecule has 0 aliphatic carbocycles. The lowest BCUT2D eigenvalue weighted by molar-refractivity contribution is 0.0697. The van der Waals surface area contributed by atoms with E-state index in [0.29, 0.717) is 0 Å². The van der Waals surface area contributed by atoms with Crippen LogP contribution in [-0.2, 0) is 0 Å². The molecule has 0 saturated carbocycles. The van der Waals surface area contributed by atoms with Crippen LogP contribution in [0.5, 0.6) is 17.2 Å². The van der Waals surface area contributed by atoms with Crippen LogP contribution < -0.4 is 0 Å². The Bertz CT molecular complexity index is 747. The Hall–Kier alpha value is -3.47. The number of hydrogen-bond donors (Lipinski definition) is 4. The lowest BCUT2D eigenvalue weighted by atomic mass is 10.1. The molecule has 0 atom stereocenters. The number of rotatable bonds is 2. The Morgan fingerprint density at radius 2 is 0.833 bits per heavy atom. The molecule has 0 spiro atoms. The van der Waals surface area contributed by atoms with Gasteiger partial charge in [-0.05, 0) is 59.7 Å². The highest BCUT2D eigenvalue weighted by molar-refractivity contribution is 5.87. The van der Waals surface area contributed by atoms with Gasteiger partial charge in [0.1, 0.15) is 17.2 Å². The normalized spacial score (nSPS) is 9.67. The molecule has 122 valence electrons. The molecule has 5 nitrogen and oxygen atoms in total. The molecule has 3 aromatic rings. The van der Waals surface area contributed by atoms with Crippen LogP contribution in [0.25, 0.3) is 11.1 Å². The number of aromatic carboxylic acids is 1. The van der Waals surface area contributed by atoms with Crippen molar-refractivity contribution in [3.05, 3.63) is 78.4 Å². The second-order valence-corrected chi connectivity index (χ2v) is 4.95. The summed E-state index contributed by atoms with van der Waals surface area (Å²) in [5, 5.41) is 35.4. The molecular formula is C19H16O5. The van der Waals surface area contributed by atoms with Gasteiger partial charge in [0.2, 0.25) is 0 Å². The molecule has 24 heavy (non-hydrogen) atoms. The first-order valence-corrected chi connectivity index (χ1v) is 7.06. The van der Waals surface area contributed by atoms with Crippen LogP contribution in [0.4, 0.5) is 0 Å². The van der Waals surface area contributed by atoms with Crippen molar-refractivity contribution in [1.82, 2.24) is 0 Å². The summed E-state index contributed by atoms with van der Waals surface area (Å²) >= 11 is 0. The Labute approximate surface area is 138 Å². The quantitative estimate of drug-likeness (QED) is 0.574. The van der Waals surface area contributed by atoms with E-state index in [2.05, 4.69) is 0 Å². The molecule has 3 aromatic carbocycles. The predicted molar refractivity (Wildman–Crippen MR) is 90.3 cm³/mol. The van der Waals surface area contributed by atoms with Crippen LogP contribution in [0.3, 0.4) is 0 Å². The van der Waals surface area contributed by atoms with E-state index in [1.165, 1.54) is 24.3 Å². The molecule has 0 bridgehead atoms. The van der Waals surface area contributed by atoms with Gasteiger partial charge in [0, 0.05) is 0 Å². The zero-order valence-corrected chi connectivity index (χ0v) is 12.6. The summed E-state index contributed by atoms with van der Waals surface area (Å²) in [6, 6.07) is 19.3. The maximum Gasteiger partial charge on any atom is 0.335 e. The van der Waals surface area contributed by atoms with Crippen LogP contribution in [0.15, 0.2) is 72.8 Å². The average molecular weight is 324 g/mol. The zero-order chi connectivity index (χ0) is 17.5. The van der Waals surface area contributed by atoms with Gasteiger partial charge in [0.25, 0.3) is 0 Å². The van der Waals surface area contributed by atoms with E-state index in [9.17, 15) is 4.79 Å². The van der Waals surface area contributed by atoms with E-state index >= 15 is 0 Å². The molecule has 5 heteroatoms. The molecule has 0 unspecified atom stereocenters. The fourth-order valence-electron chi connectivity index (χ4n) is 1.91. The Morgan fingerprint density at radius 1 is 0.542 bits per heavy atom. The molecule has 0 fully saturated rings. The summed E-state index contributed by atoms with van der Waals surface area (Å²) in [6.07, 6.45) is 0. The third-order valence-electron chi connectivity index (χ3n) is 3.18. The maximum atomic E-state index is 10.2. The van der Waals surface area contributed by atoms with Crippen LogP contribution in [0, 0.1) is 0 Å². The number of carboxylic acids is 1. The van der Waals surface area contributed by atoms with E-state index in [1.807, 2.05) is 24.3 Å². The predicted octanol–water partition coefficient (Wildman–Crippen LogP) is 3.86. The summed E-state index contributed by atoms with van der Waals surface area (Å²) in [5.74, 6) is -0.398. The molecule has 0 heterocycles. The van der Waals surface area contributed by atoms with Gasteiger partial charge in [-0.3, -0.25) is 0 Å². The molecule has 0 aliphatic heterocycles. The summed E-state index contributed by atoms with van der Waals surface area (Å²) in [4.78, 5) is 10.2. The van der Waals surface area contributed by atoms with Crippen molar-refractivity contribution in [3.63, 3.8) is 0 Å². The third kappa shape index (κ3) is 4.78. The van der Waals surface area contributed by atoms with Crippen molar-refractivity contribution >= 4 is 5.97 Å². The van der Waals surface area contributed by atoms with Crippen molar-refractivity contribution in [2.24, 2.45) is 0 Å². The number of carboxylic acid groups (broad SMARTS) is 1. The summed E-state index contributed by atoms with van der Waals surface area (Å²) < 4.78 is 0. The summed E-state index contributed by atoms with van der Waals surface area (Å²) in [6.45, 7) is 0. The van der Waals surface area contributed by atoms with Gasteiger partial charge in [-0.15, -0.1) is 0 Å². The summed E-state index contributed by atoms with van der Waals surface area (Å²) in [5.41, 5.74) is 2.21. The van der Waals surface area contributed by atoms with Crippen molar-refractivity contribution in [2.75, 3.05) is 0 Å². The van der Waals surface area contributed by atoms with Crippen molar-refractivity contribution in [2.45, 2.75) is 0 Å². The van der Waals surface area contributed by atoms with Crippen molar-refractivity contribution in [1.29, 1.82) is 0 Å². The number of hydrogen-bond acceptors (Lipinski definition) is 4. The van der Waals surface area contributed by atoms with E-state index in [1.54, 1.807) is 24.3 Å². The first kappa shape index (κ1) is 16.9. The number of phenolic OH excluding ortho intramolecular Hbond substituents is 3. The first-order valence-electron chi connectivity index (χ1n) is 7.06. The summed E-state index contributed by atoms with van der Waals surface area (Å²) in [7, 11) is 0. The minimum absolute atomic E-state index is 0.0741. The molecule has 0 amide bonds. The lowest BCUT2D eigenvalue weighted by Gasteiger charge is -2.01. The third-order valence-corrected chi connectivity index (χ3v) is 3.18. The molecule has 0 saturated heterocycles. The second kappa shape index (κ2) is 7.69. The van der Waals surface area contributed by atoms with Gasteiger partial charge in [-0.2, -0.15) is 0 Å². The molecule has 0 radical (unpaired) electrons. The van der Waals surface area contributed by atoms with E-state index in [-0.39, 0.29) is 22.8 Å². The average Bonchev–Trinajstić information content (AvgIpc) is 2.57. The molecule has 0 aliphatic rings. The SMILES string of the molecule is O=C(O)c1ccc(O)cc1.Oc1ccc(-c2ccc(O)cc2)cc1. The Kier molecular flexibility index (Phi) is 5.41. The molecule has 0 aromatic heterocycles. The van der Waals surface area contributed by atoms with Gasteiger partial charge in [-0.25, -0.2) is 4.79 Å². The Balaban J connectivity index is 0.000000185. The van der Waals surface area contributed by atoms with Gasteiger partial charge < -0.3 is 20.4 Å². The molecular weight excluding hydrogens is 308 g/mol. The van der Waals surface area contributed by atoms with E-state index in [0.717, 1.165) is 11.1 Å². The topological polar surface area (TPSA) is 98.0 Å². The molecule has 3 rings (SSSR count). The monoisotopic (exact) mass is 324 g/mol. The fourth-order valence-corrected chi connectivity index (χ4v) is 1.91. The smallest absolute Gasteiger partial charge is 0.335 e. The highest BCUT2D eigenvalue weighted by Gasteiger charge is 1.99. The van der Waals surface area contributed by atoms with Crippen LogP contribution >= 0.6 is 0 Å². The number of phenols is 3. The minimum Gasteiger partial charge on any atom is -0.508 e. The van der Waals surface area contributed by atoms with E-state index < -0.39 is 5.97 Å². The van der Waals surface area contributed by atoms with Gasteiger partial charge >= 0.3 is 5.97 Å². The van der Waals surface area contributed by atoms with Crippen LogP contribution in [0.2, 0.25) is 0 Å². The van der Waals surface area contributed by atoms with Gasteiger partial charge in [0.05, 0.1) is 5.56 Å². The first-order chi connectivity index (χ1) is 11.5. The zero-order valence-electron chi connectivity index (χ0n) is 12.6. The maximum absolute atomic E-state index is 10.2. The van der Waals surface area contributed by atoms with Gasteiger partial charge in [0.15, 0.2) is 0 Å². The number of aromatic hydroxyl groups is 3. The lowest BCUT2D eigenvalue weighted by Crippen LogP contribution is -1.93. The number of benzene rings is 3. The second-order valence-electron chi connectivity index (χ2n) is 4.95. The van der Waals surface area contributed by atoms with E-state index in [4.69, 9.17) is 20.4 Å². The molecule has 4 N–H and O–H groups in total. The van der Waals surface area contributed by atoms with Gasteiger partial charge in [-0.1, -0.05) is 24.3 Å². The highest BCUT2D eigenvalue weighted by atomic mass is 16.4. The number of carbonyl (C=O) groups is 1. The fraction of sp³-hybridized carbons (Fsp3) is 0. The Morgan fingerprint density at radius 3 is 1.12 bits per heavy atom. The standard InChI is InChI=1S/C12H10O2.C7H6O3/c13-11-5-1-9(2-6-11)10-3-7-12(14)8-4-10;8-6-3-1-5(2-4-6)7(9)10/h1-8,13-14H;1-4,8H,(H,9,10). The minimum atomic E-state index is -0.986. The van der Waals surface area contributed by atoms with Crippen LogP contribution in [-0.4, -0.2) is 26.4 Å². The highest BCUT2D eigenvalue weighted by Crippen LogP contribution is 2.23. The van der Waals surface area contributed by atoms with Crippen molar-refractivity contribution < 1.29 is 25.2 Å². The van der Waals surface area contributed by atoms with Crippen molar-refractivity contribution in [3.8, 4) is 28.4 Å². The van der Waals surface area contributed by atoms with Crippen LogP contribution in [0.1, 0.15) is 10.4 Å². The largest absolute Gasteiger partial charge is 0.508 e.